The Bertz CT molecular complexity index is 468. The molecule has 2 atom stereocenters. The fourth-order valence-corrected chi connectivity index (χ4v) is 2.28. The highest BCUT2D eigenvalue weighted by Gasteiger charge is 2.25. The standard InChI is InChI=1S/C11H17N5O3/c1-7-3-2-4-8(5-7)19-10-9(16(17)18)6-13-11(14-10)15-12/h6-8H,2-5,12H2,1H3,(H,13,14,15). The summed E-state index contributed by atoms with van der Waals surface area (Å²) in [5.41, 5.74) is 2.02. The second-order valence-electron chi connectivity index (χ2n) is 4.80. The topological polar surface area (TPSA) is 116 Å². The van der Waals surface area contributed by atoms with Crippen molar-refractivity contribution < 1.29 is 9.66 Å². The Morgan fingerprint density at radius 3 is 3.00 bits per heavy atom. The van der Waals surface area contributed by atoms with Gasteiger partial charge in [-0.15, -0.1) is 0 Å². The molecule has 0 aliphatic heterocycles. The van der Waals surface area contributed by atoms with Crippen molar-refractivity contribution in [3.63, 3.8) is 0 Å². The summed E-state index contributed by atoms with van der Waals surface area (Å²) in [6.45, 7) is 2.15. The number of hydrazine groups is 1. The molecule has 3 N–H and O–H groups in total. The summed E-state index contributed by atoms with van der Waals surface area (Å²) in [5.74, 6) is 5.84. The van der Waals surface area contributed by atoms with E-state index in [9.17, 15) is 10.1 Å². The zero-order valence-corrected chi connectivity index (χ0v) is 10.7. The van der Waals surface area contributed by atoms with E-state index < -0.39 is 4.92 Å². The van der Waals surface area contributed by atoms with Crippen LogP contribution in [0.1, 0.15) is 32.6 Å². The maximum Gasteiger partial charge on any atom is 0.349 e. The van der Waals surface area contributed by atoms with E-state index in [0.29, 0.717) is 5.92 Å². The SMILES string of the molecule is CC1CCCC(Oc2nc(NN)ncc2[N+](=O)[O-])C1. The number of rotatable bonds is 4. The van der Waals surface area contributed by atoms with Gasteiger partial charge >= 0.3 is 5.69 Å². The Labute approximate surface area is 110 Å². The van der Waals surface area contributed by atoms with E-state index in [0.717, 1.165) is 25.5 Å². The molecule has 1 aliphatic carbocycles. The van der Waals surface area contributed by atoms with E-state index in [-0.39, 0.29) is 23.6 Å². The van der Waals surface area contributed by atoms with Crippen LogP contribution in [-0.4, -0.2) is 21.0 Å². The van der Waals surface area contributed by atoms with E-state index in [1.165, 1.54) is 6.42 Å². The van der Waals surface area contributed by atoms with Crippen LogP contribution in [0.15, 0.2) is 6.20 Å². The average molecular weight is 267 g/mol. The van der Waals surface area contributed by atoms with Gasteiger partial charge in [0.05, 0.1) is 4.92 Å². The molecule has 19 heavy (non-hydrogen) atoms. The van der Waals surface area contributed by atoms with Crippen LogP contribution in [0.4, 0.5) is 11.6 Å². The fraction of sp³-hybridized carbons (Fsp3) is 0.636. The largest absolute Gasteiger partial charge is 0.469 e. The normalized spacial score (nSPS) is 22.8. The first-order valence-electron chi connectivity index (χ1n) is 6.25. The van der Waals surface area contributed by atoms with E-state index in [1.807, 2.05) is 0 Å². The Morgan fingerprint density at radius 2 is 2.37 bits per heavy atom. The molecule has 1 saturated carbocycles. The molecule has 0 saturated heterocycles. The summed E-state index contributed by atoms with van der Waals surface area (Å²) in [6, 6.07) is 0. The molecule has 1 heterocycles. The highest BCUT2D eigenvalue weighted by molar-refractivity contribution is 5.42. The van der Waals surface area contributed by atoms with Gasteiger partial charge < -0.3 is 4.74 Å². The molecule has 0 bridgehead atoms. The van der Waals surface area contributed by atoms with Crippen LogP contribution < -0.4 is 16.0 Å². The van der Waals surface area contributed by atoms with Gasteiger partial charge in [0.15, 0.2) is 0 Å². The van der Waals surface area contributed by atoms with Gasteiger partial charge in [0, 0.05) is 0 Å². The summed E-state index contributed by atoms with van der Waals surface area (Å²) in [6.07, 6.45) is 5.06. The van der Waals surface area contributed by atoms with Crippen LogP contribution in [0.5, 0.6) is 5.88 Å². The molecule has 0 radical (unpaired) electrons. The highest BCUT2D eigenvalue weighted by atomic mass is 16.6. The number of hydrogen-bond acceptors (Lipinski definition) is 7. The highest BCUT2D eigenvalue weighted by Crippen LogP contribution is 2.31. The van der Waals surface area contributed by atoms with Crippen molar-refractivity contribution in [2.45, 2.75) is 38.7 Å². The first-order chi connectivity index (χ1) is 9.10. The number of hydrogen-bond donors (Lipinski definition) is 2. The van der Waals surface area contributed by atoms with Crippen LogP contribution in [0, 0.1) is 16.0 Å². The summed E-state index contributed by atoms with van der Waals surface area (Å²) < 4.78 is 5.67. The van der Waals surface area contributed by atoms with E-state index >= 15 is 0 Å². The van der Waals surface area contributed by atoms with Crippen LogP contribution >= 0.6 is 0 Å². The predicted molar refractivity (Wildman–Crippen MR) is 68.5 cm³/mol. The molecular formula is C11H17N5O3. The van der Waals surface area contributed by atoms with Gasteiger partial charge in [-0.3, -0.25) is 15.5 Å². The summed E-state index contributed by atoms with van der Waals surface area (Å²) >= 11 is 0. The monoisotopic (exact) mass is 267 g/mol. The van der Waals surface area contributed by atoms with Crippen LogP contribution in [0.25, 0.3) is 0 Å². The van der Waals surface area contributed by atoms with Crippen LogP contribution in [0.2, 0.25) is 0 Å². The van der Waals surface area contributed by atoms with Gasteiger partial charge in [-0.05, 0) is 25.2 Å². The second kappa shape index (κ2) is 5.79. The lowest BCUT2D eigenvalue weighted by Crippen LogP contribution is -2.25. The van der Waals surface area contributed by atoms with Crippen molar-refractivity contribution >= 4 is 11.6 Å². The van der Waals surface area contributed by atoms with Crippen molar-refractivity contribution in [1.29, 1.82) is 0 Å². The minimum Gasteiger partial charge on any atom is -0.469 e. The smallest absolute Gasteiger partial charge is 0.349 e. The fourth-order valence-electron chi connectivity index (χ4n) is 2.28. The summed E-state index contributed by atoms with van der Waals surface area (Å²) in [5, 5.41) is 10.9. The van der Waals surface area contributed by atoms with Crippen molar-refractivity contribution in [2.24, 2.45) is 11.8 Å². The predicted octanol–water partition coefficient (Wildman–Crippen LogP) is 1.63. The number of ether oxygens (including phenoxy) is 1. The first-order valence-corrected chi connectivity index (χ1v) is 6.25. The lowest BCUT2D eigenvalue weighted by atomic mass is 9.89. The number of nitrogens with two attached hydrogens (primary N) is 1. The zero-order valence-electron chi connectivity index (χ0n) is 10.7. The number of aromatic nitrogens is 2. The average Bonchev–Trinajstić information content (AvgIpc) is 2.38. The molecule has 0 amide bonds. The minimum absolute atomic E-state index is 0.0212. The molecule has 8 nitrogen and oxygen atoms in total. The Hall–Kier alpha value is -1.96. The Balaban J connectivity index is 2.19. The quantitative estimate of drug-likeness (QED) is 0.483. The number of nitrogens with one attached hydrogen (secondary N) is 1. The third-order valence-corrected chi connectivity index (χ3v) is 3.23. The molecular weight excluding hydrogens is 250 g/mol. The molecule has 1 aromatic heterocycles. The lowest BCUT2D eigenvalue weighted by Gasteiger charge is -2.26. The molecule has 1 fully saturated rings. The minimum atomic E-state index is -0.554. The Morgan fingerprint density at radius 1 is 1.58 bits per heavy atom. The van der Waals surface area contributed by atoms with Gasteiger partial charge in [-0.2, -0.15) is 4.98 Å². The first kappa shape index (κ1) is 13.5. The van der Waals surface area contributed by atoms with E-state index in [1.54, 1.807) is 0 Å². The maximum atomic E-state index is 10.9. The van der Waals surface area contributed by atoms with E-state index in [2.05, 4.69) is 22.3 Å². The zero-order chi connectivity index (χ0) is 13.8. The molecule has 8 heteroatoms. The lowest BCUT2D eigenvalue weighted by molar-refractivity contribution is -0.386. The summed E-state index contributed by atoms with van der Waals surface area (Å²) in [4.78, 5) is 18.0. The van der Waals surface area contributed by atoms with Gasteiger partial charge in [-0.1, -0.05) is 13.3 Å². The number of nitro groups is 1. The molecule has 104 valence electrons. The van der Waals surface area contributed by atoms with Crippen LogP contribution in [0.3, 0.4) is 0 Å². The summed E-state index contributed by atoms with van der Waals surface area (Å²) in [7, 11) is 0. The van der Waals surface area contributed by atoms with Crippen LogP contribution in [-0.2, 0) is 0 Å². The number of nitrogens with zero attached hydrogens (tertiary/aromatic N) is 3. The Kier molecular flexibility index (Phi) is 4.10. The van der Waals surface area contributed by atoms with Crippen molar-refractivity contribution in [3.05, 3.63) is 16.3 Å². The van der Waals surface area contributed by atoms with Gasteiger partial charge in [0.1, 0.15) is 12.3 Å². The van der Waals surface area contributed by atoms with Crippen molar-refractivity contribution in [3.8, 4) is 5.88 Å². The maximum absolute atomic E-state index is 10.9. The molecule has 1 aliphatic rings. The molecule has 0 aromatic carbocycles. The second-order valence-corrected chi connectivity index (χ2v) is 4.80. The number of nitrogen functional groups attached to an aromatic ring is 1. The molecule has 2 rings (SSSR count). The van der Waals surface area contributed by atoms with Gasteiger partial charge in [0.2, 0.25) is 5.95 Å². The van der Waals surface area contributed by atoms with Crippen molar-refractivity contribution in [1.82, 2.24) is 9.97 Å². The third-order valence-electron chi connectivity index (χ3n) is 3.23. The third kappa shape index (κ3) is 3.28. The van der Waals surface area contributed by atoms with Gasteiger partial charge in [-0.25, -0.2) is 10.8 Å². The number of anilines is 1. The molecule has 0 spiro atoms. The van der Waals surface area contributed by atoms with Gasteiger partial charge in [0.25, 0.3) is 5.88 Å². The molecule has 2 unspecified atom stereocenters. The van der Waals surface area contributed by atoms with E-state index in [4.69, 9.17) is 10.6 Å². The molecule has 1 aromatic rings. The van der Waals surface area contributed by atoms with Crippen molar-refractivity contribution in [2.75, 3.05) is 5.43 Å².